The molecule has 0 aliphatic rings. The lowest BCUT2D eigenvalue weighted by atomic mass is 10.1. The van der Waals surface area contributed by atoms with Crippen LogP contribution in [0.15, 0.2) is 97.2 Å². The van der Waals surface area contributed by atoms with Gasteiger partial charge in [0.1, 0.15) is 13.2 Å². The van der Waals surface area contributed by atoms with Crippen LogP contribution >= 0.6 is 0 Å². The third-order valence-electron chi connectivity index (χ3n) is 9.35. The van der Waals surface area contributed by atoms with E-state index in [-0.39, 0.29) is 31.6 Å². The summed E-state index contributed by atoms with van der Waals surface area (Å²) in [6.07, 6.45) is 59.7. The van der Waals surface area contributed by atoms with Crippen molar-refractivity contribution in [2.75, 3.05) is 13.2 Å². The van der Waals surface area contributed by atoms with Crippen LogP contribution in [0.4, 0.5) is 0 Å². The molecular formula is C52H84O6. The van der Waals surface area contributed by atoms with Gasteiger partial charge in [0.05, 0.1) is 0 Å². The molecule has 0 rings (SSSR count). The van der Waals surface area contributed by atoms with Gasteiger partial charge in [0, 0.05) is 19.3 Å². The summed E-state index contributed by atoms with van der Waals surface area (Å²) >= 11 is 0. The average Bonchev–Trinajstić information content (AvgIpc) is 3.22. The van der Waals surface area contributed by atoms with E-state index in [0.717, 1.165) is 103 Å². The van der Waals surface area contributed by atoms with Gasteiger partial charge in [0.25, 0.3) is 0 Å². The summed E-state index contributed by atoms with van der Waals surface area (Å²) in [4.78, 5) is 37.7. The first-order valence-electron chi connectivity index (χ1n) is 23.2. The molecule has 58 heavy (non-hydrogen) atoms. The van der Waals surface area contributed by atoms with Crippen LogP contribution in [0, 0.1) is 0 Å². The molecule has 0 spiro atoms. The Bertz CT molecular complexity index is 1200. The van der Waals surface area contributed by atoms with Crippen molar-refractivity contribution in [3.63, 3.8) is 0 Å². The van der Waals surface area contributed by atoms with Gasteiger partial charge in [-0.15, -0.1) is 0 Å². The number of allylic oxidation sites excluding steroid dienone is 16. The molecule has 1 atom stereocenters. The van der Waals surface area contributed by atoms with E-state index in [1.54, 1.807) is 0 Å². The van der Waals surface area contributed by atoms with Crippen LogP contribution in [-0.4, -0.2) is 37.2 Å². The van der Waals surface area contributed by atoms with Gasteiger partial charge in [-0.2, -0.15) is 0 Å². The largest absolute Gasteiger partial charge is 0.462 e. The summed E-state index contributed by atoms with van der Waals surface area (Å²) in [5, 5.41) is 0. The zero-order chi connectivity index (χ0) is 42.3. The molecule has 0 bridgehead atoms. The monoisotopic (exact) mass is 805 g/mol. The maximum absolute atomic E-state index is 12.7. The van der Waals surface area contributed by atoms with E-state index in [1.165, 1.54) is 44.9 Å². The Morgan fingerprint density at radius 1 is 0.362 bits per heavy atom. The van der Waals surface area contributed by atoms with E-state index in [1.807, 2.05) is 12.2 Å². The van der Waals surface area contributed by atoms with E-state index in [4.69, 9.17) is 14.2 Å². The molecule has 6 heteroatoms. The van der Waals surface area contributed by atoms with Crippen LogP contribution in [0.1, 0.15) is 194 Å². The van der Waals surface area contributed by atoms with Crippen molar-refractivity contribution in [2.45, 2.75) is 200 Å². The first-order chi connectivity index (χ1) is 28.5. The summed E-state index contributed by atoms with van der Waals surface area (Å²) in [5.41, 5.74) is 0. The van der Waals surface area contributed by atoms with Crippen LogP contribution in [0.3, 0.4) is 0 Å². The Balaban J connectivity index is 4.51. The van der Waals surface area contributed by atoms with Crippen molar-refractivity contribution in [1.29, 1.82) is 0 Å². The van der Waals surface area contributed by atoms with Crippen LogP contribution in [-0.2, 0) is 28.6 Å². The molecular weight excluding hydrogens is 721 g/mol. The molecule has 0 aliphatic carbocycles. The Morgan fingerprint density at radius 3 is 1.12 bits per heavy atom. The summed E-state index contributed by atoms with van der Waals surface area (Å²) in [7, 11) is 0. The maximum Gasteiger partial charge on any atom is 0.306 e. The molecule has 0 aliphatic heterocycles. The van der Waals surface area contributed by atoms with Gasteiger partial charge in [0.15, 0.2) is 6.10 Å². The van der Waals surface area contributed by atoms with Crippen LogP contribution in [0.5, 0.6) is 0 Å². The number of carbonyl (C=O) groups is 3. The number of hydrogen-bond acceptors (Lipinski definition) is 6. The lowest BCUT2D eigenvalue weighted by molar-refractivity contribution is -0.166. The standard InChI is InChI=1S/C52H84O6/c1-4-7-10-13-16-19-22-24-25-26-27-29-30-33-36-39-42-45-51(54)57-48-49(47-56-50(53)44-41-38-35-32-21-18-15-12-9-6-3)58-52(55)46-43-40-37-34-31-28-23-20-17-14-11-8-5-2/h7-8,10-11,16-17,19-20,24-25,27-29,31,37,40,49H,4-6,9,12-15,18,21-23,26,30,32-36,38-39,41-48H2,1-3H3/b10-7-,11-8-,19-16-,20-17-,25-24-,29-27-,31-28-,40-37-. The number of ether oxygens (including phenoxy) is 3. The summed E-state index contributed by atoms with van der Waals surface area (Å²) in [6, 6.07) is 0. The predicted octanol–water partition coefficient (Wildman–Crippen LogP) is 15.0. The maximum atomic E-state index is 12.7. The van der Waals surface area contributed by atoms with Crippen LogP contribution in [0.25, 0.3) is 0 Å². The predicted molar refractivity (Wildman–Crippen MR) is 247 cm³/mol. The third-order valence-corrected chi connectivity index (χ3v) is 9.35. The molecule has 328 valence electrons. The second-order valence-electron chi connectivity index (χ2n) is 14.9. The van der Waals surface area contributed by atoms with Crippen molar-refractivity contribution in [3.8, 4) is 0 Å². The van der Waals surface area contributed by atoms with Gasteiger partial charge in [-0.3, -0.25) is 14.4 Å². The van der Waals surface area contributed by atoms with Crippen LogP contribution in [0.2, 0.25) is 0 Å². The molecule has 6 nitrogen and oxygen atoms in total. The highest BCUT2D eigenvalue weighted by Gasteiger charge is 2.19. The number of rotatable bonds is 40. The zero-order valence-corrected chi connectivity index (χ0v) is 37.3. The Morgan fingerprint density at radius 2 is 0.707 bits per heavy atom. The second-order valence-corrected chi connectivity index (χ2v) is 14.9. The number of unbranched alkanes of at least 4 members (excludes halogenated alkanes) is 13. The van der Waals surface area contributed by atoms with E-state index >= 15 is 0 Å². The van der Waals surface area contributed by atoms with Crippen molar-refractivity contribution < 1.29 is 28.6 Å². The highest BCUT2D eigenvalue weighted by atomic mass is 16.6. The molecule has 0 aromatic rings. The summed E-state index contributed by atoms with van der Waals surface area (Å²) < 4.78 is 16.6. The number of esters is 3. The van der Waals surface area contributed by atoms with Crippen molar-refractivity contribution in [3.05, 3.63) is 97.2 Å². The van der Waals surface area contributed by atoms with Crippen molar-refractivity contribution in [1.82, 2.24) is 0 Å². The first kappa shape index (κ1) is 54.3. The highest BCUT2D eigenvalue weighted by Crippen LogP contribution is 2.13. The molecule has 0 fully saturated rings. The SMILES string of the molecule is CC/C=C\C/C=C\C/C=C\C/C=C\CCCCCCC(=O)OCC(COC(=O)CCCCCCCCCCCC)OC(=O)CC/C=C\C/C=C\C/C=C\C/C=C\CC. The van der Waals surface area contributed by atoms with E-state index in [9.17, 15) is 14.4 Å². The van der Waals surface area contributed by atoms with Crippen molar-refractivity contribution >= 4 is 17.9 Å². The minimum absolute atomic E-state index is 0.114. The molecule has 1 unspecified atom stereocenters. The molecule has 0 saturated carbocycles. The lowest BCUT2D eigenvalue weighted by Gasteiger charge is -2.18. The molecule has 0 amide bonds. The second kappa shape index (κ2) is 46.0. The fourth-order valence-electron chi connectivity index (χ4n) is 5.92. The van der Waals surface area contributed by atoms with Gasteiger partial charge in [-0.05, 0) is 83.5 Å². The fraction of sp³-hybridized carbons (Fsp3) is 0.635. The topological polar surface area (TPSA) is 78.9 Å². The fourth-order valence-corrected chi connectivity index (χ4v) is 5.92. The summed E-state index contributed by atoms with van der Waals surface area (Å²) in [5.74, 6) is -1.03. The Kier molecular flexibility index (Phi) is 43.1. The van der Waals surface area contributed by atoms with E-state index < -0.39 is 12.1 Å². The average molecular weight is 805 g/mol. The van der Waals surface area contributed by atoms with Gasteiger partial charge in [-0.1, -0.05) is 189 Å². The van der Waals surface area contributed by atoms with Gasteiger partial charge >= 0.3 is 17.9 Å². The lowest BCUT2D eigenvalue weighted by Crippen LogP contribution is -2.30. The van der Waals surface area contributed by atoms with Gasteiger partial charge < -0.3 is 14.2 Å². The van der Waals surface area contributed by atoms with Crippen LogP contribution < -0.4 is 0 Å². The molecule has 0 aromatic carbocycles. The number of hydrogen-bond donors (Lipinski definition) is 0. The molecule has 0 saturated heterocycles. The normalized spacial score (nSPS) is 12.9. The minimum atomic E-state index is -0.823. The Hall–Kier alpha value is -3.67. The van der Waals surface area contributed by atoms with Gasteiger partial charge in [0.2, 0.25) is 0 Å². The highest BCUT2D eigenvalue weighted by molar-refractivity contribution is 5.71. The third kappa shape index (κ3) is 43.5. The molecule has 0 aromatic heterocycles. The molecule has 0 heterocycles. The van der Waals surface area contributed by atoms with Crippen molar-refractivity contribution in [2.24, 2.45) is 0 Å². The molecule has 0 radical (unpaired) electrons. The zero-order valence-electron chi connectivity index (χ0n) is 37.3. The van der Waals surface area contributed by atoms with Gasteiger partial charge in [-0.25, -0.2) is 0 Å². The Labute approximate surface area is 356 Å². The smallest absolute Gasteiger partial charge is 0.306 e. The summed E-state index contributed by atoms with van der Waals surface area (Å²) in [6.45, 7) is 6.29. The number of carbonyl (C=O) groups excluding carboxylic acids is 3. The minimum Gasteiger partial charge on any atom is -0.462 e. The molecule has 0 N–H and O–H groups in total. The van der Waals surface area contributed by atoms with E-state index in [0.29, 0.717) is 19.3 Å². The van der Waals surface area contributed by atoms with E-state index in [2.05, 4.69) is 106 Å². The first-order valence-corrected chi connectivity index (χ1v) is 23.2. The quantitative estimate of drug-likeness (QED) is 0.0266.